The van der Waals surface area contributed by atoms with Crippen molar-refractivity contribution in [3.8, 4) is 0 Å². The number of fused-ring (bicyclic) bond motifs is 1. The van der Waals surface area contributed by atoms with Gasteiger partial charge in [-0.1, -0.05) is 40.7 Å². The molecule has 8 heteroatoms. The fourth-order valence-corrected chi connectivity index (χ4v) is 7.50. The van der Waals surface area contributed by atoms with Gasteiger partial charge >= 0.3 is 0 Å². The fraction of sp³-hybridized carbons (Fsp3) is 0.710. The lowest BCUT2D eigenvalue weighted by molar-refractivity contribution is -0.138. The number of imidazole rings is 1. The Morgan fingerprint density at radius 3 is 2.28 bits per heavy atom. The lowest BCUT2D eigenvalue weighted by Crippen LogP contribution is -2.56. The maximum atomic E-state index is 13.6. The number of hydrogen-bond donors (Lipinski definition) is 0. The van der Waals surface area contributed by atoms with Crippen LogP contribution in [0, 0.1) is 0 Å². The fourth-order valence-electron chi connectivity index (χ4n) is 6.08. The van der Waals surface area contributed by atoms with Crippen LogP contribution in [0.1, 0.15) is 107 Å². The van der Waals surface area contributed by atoms with Gasteiger partial charge in [0.1, 0.15) is 6.54 Å². The van der Waals surface area contributed by atoms with Crippen LogP contribution in [-0.4, -0.2) is 71.3 Å². The molecule has 0 spiro atoms. The van der Waals surface area contributed by atoms with Gasteiger partial charge in [0, 0.05) is 32.3 Å². The van der Waals surface area contributed by atoms with Crippen molar-refractivity contribution in [2.45, 2.75) is 115 Å². The lowest BCUT2D eigenvalue weighted by atomic mass is 9.91. The number of aromatic nitrogens is 2. The Kier molecular flexibility index (Phi) is 7.51. The van der Waals surface area contributed by atoms with Gasteiger partial charge in [-0.2, -0.15) is 0 Å². The van der Waals surface area contributed by atoms with Gasteiger partial charge in [-0.3, -0.25) is 9.59 Å². The third-order valence-electron chi connectivity index (χ3n) is 9.80. The number of nitrogens with zero attached hydrogens (tertiary/aromatic N) is 4. The van der Waals surface area contributed by atoms with Crippen LogP contribution in [0.25, 0.3) is 11.0 Å². The third kappa shape index (κ3) is 5.56. The van der Waals surface area contributed by atoms with Gasteiger partial charge < -0.3 is 18.8 Å². The van der Waals surface area contributed by atoms with Crippen LogP contribution in [0.15, 0.2) is 12.1 Å². The van der Waals surface area contributed by atoms with Crippen molar-refractivity contribution < 1.29 is 14.0 Å². The second-order valence-electron chi connectivity index (χ2n) is 14.0. The van der Waals surface area contributed by atoms with Gasteiger partial charge in [-0.25, -0.2) is 4.98 Å². The minimum atomic E-state index is -1.79. The number of amides is 2. The summed E-state index contributed by atoms with van der Waals surface area (Å²) < 4.78 is 8.60. The molecular weight excluding hydrogens is 504 g/mol. The predicted octanol–water partition coefficient (Wildman–Crippen LogP) is 6.19. The van der Waals surface area contributed by atoms with Gasteiger partial charge in [-0.05, 0) is 85.7 Å². The van der Waals surface area contributed by atoms with E-state index in [1.807, 2.05) is 16.5 Å². The summed E-state index contributed by atoms with van der Waals surface area (Å²) in [4.78, 5) is 35.5. The zero-order valence-electron chi connectivity index (χ0n) is 25.3. The van der Waals surface area contributed by atoms with Crippen LogP contribution in [-0.2, 0) is 16.3 Å². The first kappa shape index (κ1) is 28.3. The maximum absolute atomic E-state index is 13.6. The quantitative estimate of drug-likeness (QED) is 0.401. The van der Waals surface area contributed by atoms with Crippen LogP contribution in [0.3, 0.4) is 0 Å². The second kappa shape index (κ2) is 10.3. The molecule has 2 amide bonds. The van der Waals surface area contributed by atoms with Crippen molar-refractivity contribution in [1.29, 1.82) is 0 Å². The van der Waals surface area contributed by atoms with E-state index in [0.29, 0.717) is 36.9 Å². The van der Waals surface area contributed by atoms with E-state index in [1.54, 1.807) is 4.90 Å². The molecule has 7 nitrogen and oxygen atoms in total. The van der Waals surface area contributed by atoms with Crippen molar-refractivity contribution in [1.82, 2.24) is 19.4 Å². The summed E-state index contributed by atoms with van der Waals surface area (Å²) in [5.41, 5.74) is 4.51. The van der Waals surface area contributed by atoms with Crippen LogP contribution in [0.5, 0.6) is 0 Å². The van der Waals surface area contributed by atoms with Gasteiger partial charge in [0.2, 0.25) is 5.91 Å². The highest BCUT2D eigenvalue weighted by atomic mass is 28.4. The second-order valence-corrected chi connectivity index (χ2v) is 18.8. The highest BCUT2D eigenvalue weighted by Gasteiger charge is 2.41. The van der Waals surface area contributed by atoms with Gasteiger partial charge in [0.15, 0.2) is 14.1 Å². The number of hydrogen-bond acceptors (Lipinski definition) is 4. The van der Waals surface area contributed by atoms with Crippen LogP contribution < -0.4 is 0 Å². The van der Waals surface area contributed by atoms with Crippen molar-refractivity contribution in [3.05, 3.63) is 29.1 Å². The number of carbonyl (C=O) groups excluding carboxylic acids is 2. The van der Waals surface area contributed by atoms with Gasteiger partial charge in [-0.15, -0.1) is 0 Å². The molecule has 0 bridgehead atoms. The maximum Gasteiger partial charge on any atom is 0.290 e. The Labute approximate surface area is 235 Å². The standard InChI is InChI=1S/C31H48N4O3Si/c1-20(2)25-17-22(21-9-10-21)18-26-28(25)32-29(33(26)6)30(37)34-15-16-35(27(36)19-34)23-11-13-24(14-12-23)38-39(7,8)31(3,4)5/h17-18,20-21,23-24H,9-16,19H2,1-8H3. The number of benzene rings is 1. The number of carbonyl (C=O) groups is 2. The summed E-state index contributed by atoms with van der Waals surface area (Å²) in [6.07, 6.45) is 6.74. The minimum absolute atomic E-state index is 0.0565. The normalized spacial score (nSPS) is 23.3. The van der Waals surface area contributed by atoms with E-state index in [1.165, 1.54) is 24.0 Å². The molecule has 3 aliphatic rings. The Balaban J connectivity index is 1.24. The molecule has 1 aliphatic heterocycles. The van der Waals surface area contributed by atoms with Crippen LogP contribution in [0.4, 0.5) is 0 Å². The first-order chi connectivity index (χ1) is 18.3. The number of aryl methyl sites for hydroxylation is 1. The lowest BCUT2D eigenvalue weighted by Gasteiger charge is -2.44. The van der Waals surface area contributed by atoms with Crippen molar-refractivity contribution in [2.75, 3.05) is 19.6 Å². The molecule has 0 unspecified atom stereocenters. The topological polar surface area (TPSA) is 67.7 Å². The minimum Gasteiger partial charge on any atom is -0.414 e. The molecule has 2 aromatic rings. The third-order valence-corrected chi connectivity index (χ3v) is 14.3. The SMILES string of the molecule is CC(C)c1cc(C2CC2)cc2c1nc(C(=O)N1CCN(C3CCC(O[Si](C)(C)C(C)(C)C)CC3)C(=O)C1)n2C. The van der Waals surface area contributed by atoms with E-state index in [-0.39, 0.29) is 29.4 Å². The molecule has 214 valence electrons. The molecule has 2 aliphatic carbocycles. The molecule has 39 heavy (non-hydrogen) atoms. The van der Waals surface area contributed by atoms with E-state index in [2.05, 4.69) is 59.8 Å². The van der Waals surface area contributed by atoms with Gasteiger partial charge in [0.05, 0.1) is 11.0 Å². The van der Waals surface area contributed by atoms with Gasteiger partial charge in [0.25, 0.3) is 5.91 Å². The van der Waals surface area contributed by atoms with Crippen molar-refractivity contribution >= 4 is 31.2 Å². The summed E-state index contributed by atoms with van der Waals surface area (Å²) in [7, 11) is 0.149. The molecule has 1 aromatic heterocycles. The molecule has 5 rings (SSSR count). The monoisotopic (exact) mass is 552 g/mol. The molecule has 2 heterocycles. The first-order valence-corrected chi connectivity index (χ1v) is 17.9. The largest absolute Gasteiger partial charge is 0.414 e. The van der Waals surface area contributed by atoms with E-state index in [9.17, 15) is 9.59 Å². The summed E-state index contributed by atoms with van der Waals surface area (Å²) in [5, 5.41) is 0.206. The smallest absolute Gasteiger partial charge is 0.290 e. The van der Waals surface area contributed by atoms with Crippen LogP contribution >= 0.6 is 0 Å². The molecule has 3 fully saturated rings. The summed E-state index contributed by atoms with van der Waals surface area (Å²) in [6.45, 7) is 17.1. The predicted molar refractivity (Wildman–Crippen MR) is 159 cm³/mol. The number of piperazine rings is 1. The average molecular weight is 553 g/mol. The molecule has 0 radical (unpaired) electrons. The molecule has 0 N–H and O–H groups in total. The highest BCUT2D eigenvalue weighted by Crippen LogP contribution is 2.43. The van der Waals surface area contributed by atoms with Crippen molar-refractivity contribution in [3.63, 3.8) is 0 Å². The zero-order valence-corrected chi connectivity index (χ0v) is 26.3. The van der Waals surface area contributed by atoms with E-state index < -0.39 is 8.32 Å². The van der Waals surface area contributed by atoms with Crippen LogP contribution in [0.2, 0.25) is 18.1 Å². The summed E-state index contributed by atoms with van der Waals surface area (Å²) >= 11 is 0. The Bertz CT molecular complexity index is 1250. The molecule has 2 saturated carbocycles. The summed E-state index contributed by atoms with van der Waals surface area (Å²) in [6, 6.07) is 4.76. The number of rotatable bonds is 6. The Morgan fingerprint density at radius 2 is 1.72 bits per heavy atom. The van der Waals surface area contributed by atoms with E-state index >= 15 is 0 Å². The zero-order chi connectivity index (χ0) is 28.3. The van der Waals surface area contributed by atoms with Crippen molar-refractivity contribution in [2.24, 2.45) is 7.05 Å². The highest BCUT2D eigenvalue weighted by molar-refractivity contribution is 6.74. The first-order valence-electron chi connectivity index (χ1n) is 15.0. The molecule has 0 atom stereocenters. The molecule has 1 aromatic carbocycles. The van der Waals surface area contributed by atoms with E-state index in [4.69, 9.17) is 9.41 Å². The molecule has 1 saturated heterocycles. The van der Waals surface area contributed by atoms with E-state index in [0.717, 1.165) is 36.7 Å². The molecular formula is C31H48N4O3Si. The Hall–Kier alpha value is -2.19. The average Bonchev–Trinajstić information content (AvgIpc) is 3.66. The Morgan fingerprint density at radius 1 is 1.05 bits per heavy atom. The summed E-state index contributed by atoms with van der Waals surface area (Å²) in [5.74, 6) is 1.32.